The van der Waals surface area contributed by atoms with Crippen LogP contribution in [0.15, 0.2) is 0 Å². The zero-order chi connectivity index (χ0) is 11.5. The highest BCUT2D eigenvalue weighted by Gasteiger charge is 2.38. The smallest absolute Gasteiger partial charge is 0.223 e. The number of hydrogen-bond donors (Lipinski definition) is 2. The van der Waals surface area contributed by atoms with Gasteiger partial charge in [0, 0.05) is 11.5 Å². The fraction of sp³-hybridized carbons (Fsp3) is 0.700. The Morgan fingerprint density at radius 1 is 1.60 bits per heavy atom. The van der Waals surface area contributed by atoms with Crippen molar-refractivity contribution in [1.82, 2.24) is 10.6 Å². The molecule has 2 unspecified atom stereocenters. The lowest BCUT2D eigenvalue weighted by molar-refractivity contribution is -0.123. The standard InChI is InChI=1S/C10H16N2O3/c1-10(2)4-7(9(15)12-10)3-8(5-13)11-6-14/h5-8H,3-4H2,1-2H3,(H,11,14)(H,12,15). The van der Waals surface area contributed by atoms with Crippen molar-refractivity contribution in [2.75, 3.05) is 0 Å². The molecule has 1 saturated heterocycles. The quantitative estimate of drug-likeness (QED) is 0.609. The Labute approximate surface area is 88.6 Å². The Morgan fingerprint density at radius 3 is 2.67 bits per heavy atom. The van der Waals surface area contributed by atoms with Gasteiger partial charge in [-0.2, -0.15) is 0 Å². The van der Waals surface area contributed by atoms with Gasteiger partial charge in [0.25, 0.3) is 0 Å². The Balaban J connectivity index is 2.55. The molecule has 0 aromatic carbocycles. The maximum Gasteiger partial charge on any atom is 0.223 e. The summed E-state index contributed by atoms with van der Waals surface area (Å²) < 4.78 is 0. The number of rotatable bonds is 5. The molecule has 1 aliphatic rings. The van der Waals surface area contributed by atoms with Crippen LogP contribution in [0.25, 0.3) is 0 Å². The number of amides is 2. The van der Waals surface area contributed by atoms with Crippen LogP contribution in [0.4, 0.5) is 0 Å². The normalized spacial score (nSPS) is 25.5. The first-order valence-electron chi connectivity index (χ1n) is 4.95. The molecule has 2 amide bonds. The van der Waals surface area contributed by atoms with Gasteiger partial charge in [-0.25, -0.2) is 0 Å². The summed E-state index contributed by atoms with van der Waals surface area (Å²) >= 11 is 0. The highest BCUT2D eigenvalue weighted by atomic mass is 16.2. The first kappa shape index (κ1) is 11.7. The summed E-state index contributed by atoms with van der Waals surface area (Å²) in [6.45, 7) is 3.88. The van der Waals surface area contributed by atoms with E-state index in [0.29, 0.717) is 25.5 Å². The van der Waals surface area contributed by atoms with Crippen LogP contribution in [0.5, 0.6) is 0 Å². The molecule has 0 saturated carbocycles. The van der Waals surface area contributed by atoms with Crippen molar-refractivity contribution in [3.05, 3.63) is 0 Å². The van der Waals surface area contributed by atoms with Gasteiger partial charge in [0.05, 0.1) is 6.04 Å². The third-order valence-electron chi connectivity index (χ3n) is 2.57. The van der Waals surface area contributed by atoms with Crippen LogP contribution < -0.4 is 10.6 Å². The molecule has 0 radical (unpaired) electrons. The van der Waals surface area contributed by atoms with Gasteiger partial charge in [-0.15, -0.1) is 0 Å². The highest BCUT2D eigenvalue weighted by Crippen LogP contribution is 2.27. The molecule has 2 atom stereocenters. The van der Waals surface area contributed by atoms with Gasteiger partial charge in [-0.05, 0) is 26.7 Å². The van der Waals surface area contributed by atoms with E-state index in [1.165, 1.54) is 0 Å². The average molecular weight is 212 g/mol. The fourth-order valence-electron chi connectivity index (χ4n) is 1.94. The summed E-state index contributed by atoms with van der Waals surface area (Å²) in [5.41, 5.74) is -0.212. The Hall–Kier alpha value is -1.39. The predicted molar refractivity (Wildman–Crippen MR) is 54.0 cm³/mol. The summed E-state index contributed by atoms with van der Waals surface area (Å²) in [5, 5.41) is 5.22. The van der Waals surface area contributed by atoms with Crippen molar-refractivity contribution in [2.45, 2.75) is 38.3 Å². The molecule has 5 heteroatoms. The number of aldehydes is 1. The van der Waals surface area contributed by atoms with Crippen molar-refractivity contribution >= 4 is 18.6 Å². The zero-order valence-corrected chi connectivity index (χ0v) is 8.95. The molecule has 1 rings (SSSR count). The Kier molecular flexibility index (Phi) is 3.44. The topological polar surface area (TPSA) is 75.3 Å². The molecular formula is C10H16N2O3. The SMILES string of the molecule is CC1(C)CC(CC(C=O)NC=O)C(=O)N1. The van der Waals surface area contributed by atoms with Gasteiger partial charge in [0.15, 0.2) is 0 Å². The van der Waals surface area contributed by atoms with Crippen molar-refractivity contribution in [2.24, 2.45) is 5.92 Å². The van der Waals surface area contributed by atoms with Crippen LogP contribution in [0.3, 0.4) is 0 Å². The maximum atomic E-state index is 11.5. The van der Waals surface area contributed by atoms with E-state index in [1.807, 2.05) is 13.8 Å². The van der Waals surface area contributed by atoms with Crippen molar-refractivity contribution < 1.29 is 14.4 Å². The van der Waals surface area contributed by atoms with E-state index in [-0.39, 0.29) is 17.4 Å². The van der Waals surface area contributed by atoms with E-state index in [0.717, 1.165) is 0 Å². The monoisotopic (exact) mass is 212 g/mol. The van der Waals surface area contributed by atoms with E-state index >= 15 is 0 Å². The van der Waals surface area contributed by atoms with Gasteiger partial charge in [-0.1, -0.05) is 0 Å². The van der Waals surface area contributed by atoms with Crippen LogP contribution >= 0.6 is 0 Å². The average Bonchev–Trinajstić information content (AvgIpc) is 2.39. The lowest BCUT2D eigenvalue weighted by Crippen LogP contribution is -2.35. The van der Waals surface area contributed by atoms with E-state index in [1.54, 1.807) is 0 Å². The predicted octanol–water partition coefficient (Wildman–Crippen LogP) is -0.395. The zero-order valence-electron chi connectivity index (χ0n) is 8.95. The second-order valence-electron chi connectivity index (χ2n) is 4.54. The molecule has 5 nitrogen and oxygen atoms in total. The molecule has 0 spiro atoms. The van der Waals surface area contributed by atoms with Crippen LogP contribution in [-0.4, -0.2) is 30.2 Å². The Morgan fingerprint density at radius 2 is 2.27 bits per heavy atom. The summed E-state index contributed by atoms with van der Waals surface area (Å²) in [4.78, 5) is 32.3. The van der Waals surface area contributed by atoms with Gasteiger partial charge >= 0.3 is 0 Å². The van der Waals surface area contributed by atoms with E-state index in [2.05, 4.69) is 10.6 Å². The second kappa shape index (κ2) is 4.42. The second-order valence-corrected chi connectivity index (χ2v) is 4.54. The Bertz CT molecular complexity index is 276. The van der Waals surface area contributed by atoms with Crippen LogP contribution in [0.2, 0.25) is 0 Å². The van der Waals surface area contributed by atoms with Gasteiger partial charge in [0.2, 0.25) is 12.3 Å². The first-order valence-corrected chi connectivity index (χ1v) is 4.95. The molecule has 0 aromatic rings. The fourth-order valence-corrected chi connectivity index (χ4v) is 1.94. The highest BCUT2D eigenvalue weighted by molar-refractivity contribution is 5.82. The molecule has 1 heterocycles. The number of carbonyl (C=O) groups is 3. The third-order valence-corrected chi connectivity index (χ3v) is 2.57. The minimum atomic E-state index is -0.563. The molecule has 15 heavy (non-hydrogen) atoms. The van der Waals surface area contributed by atoms with E-state index in [9.17, 15) is 14.4 Å². The molecule has 1 fully saturated rings. The number of nitrogens with one attached hydrogen (secondary N) is 2. The lowest BCUT2D eigenvalue weighted by atomic mass is 9.92. The van der Waals surface area contributed by atoms with Gasteiger partial charge in [0.1, 0.15) is 6.29 Å². The largest absolute Gasteiger partial charge is 0.351 e. The molecule has 0 bridgehead atoms. The van der Waals surface area contributed by atoms with Gasteiger partial charge in [-0.3, -0.25) is 9.59 Å². The van der Waals surface area contributed by atoms with Gasteiger partial charge < -0.3 is 15.4 Å². The minimum absolute atomic E-state index is 0.0421. The van der Waals surface area contributed by atoms with Crippen LogP contribution in [-0.2, 0) is 14.4 Å². The van der Waals surface area contributed by atoms with Crippen molar-refractivity contribution in [3.8, 4) is 0 Å². The molecule has 84 valence electrons. The first-order chi connectivity index (χ1) is 6.98. The maximum absolute atomic E-state index is 11.5. The summed E-state index contributed by atoms with van der Waals surface area (Å²) in [6, 6.07) is -0.563. The summed E-state index contributed by atoms with van der Waals surface area (Å²) in [7, 11) is 0. The van der Waals surface area contributed by atoms with E-state index < -0.39 is 6.04 Å². The minimum Gasteiger partial charge on any atom is -0.351 e. The molecule has 0 aromatic heterocycles. The van der Waals surface area contributed by atoms with Crippen molar-refractivity contribution in [1.29, 1.82) is 0 Å². The molecule has 1 aliphatic heterocycles. The number of hydrogen-bond acceptors (Lipinski definition) is 3. The van der Waals surface area contributed by atoms with E-state index in [4.69, 9.17) is 0 Å². The summed E-state index contributed by atoms with van der Waals surface area (Å²) in [6.07, 6.45) is 2.21. The van der Waals surface area contributed by atoms with Crippen LogP contribution in [0, 0.1) is 5.92 Å². The summed E-state index contributed by atoms with van der Waals surface area (Å²) in [5.74, 6) is -0.234. The molecule has 0 aliphatic carbocycles. The number of carbonyl (C=O) groups excluding carboxylic acids is 3. The molecular weight excluding hydrogens is 196 g/mol. The van der Waals surface area contributed by atoms with Crippen LogP contribution in [0.1, 0.15) is 26.7 Å². The molecule has 2 N–H and O–H groups in total. The van der Waals surface area contributed by atoms with Crippen molar-refractivity contribution in [3.63, 3.8) is 0 Å². The third kappa shape index (κ3) is 3.04. The lowest BCUT2D eigenvalue weighted by Gasteiger charge is -2.17.